The maximum Gasteiger partial charge on any atom is 0.274 e. The van der Waals surface area contributed by atoms with Crippen LogP contribution in [0.4, 0.5) is 0 Å². The van der Waals surface area contributed by atoms with Crippen molar-refractivity contribution in [1.29, 1.82) is 0 Å². The van der Waals surface area contributed by atoms with Crippen LogP contribution in [0.25, 0.3) is 0 Å². The number of rotatable bonds is 4. The van der Waals surface area contributed by atoms with Crippen molar-refractivity contribution >= 4 is 5.91 Å². The van der Waals surface area contributed by atoms with Gasteiger partial charge in [0, 0.05) is 19.3 Å². The van der Waals surface area contributed by atoms with Crippen LogP contribution in [0, 0.1) is 19.8 Å². The summed E-state index contributed by atoms with van der Waals surface area (Å²) in [6.45, 7) is 5.65. The third-order valence-electron chi connectivity index (χ3n) is 4.86. The van der Waals surface area contributed by atoms with E-state index in [1.165, 1.54) is 17.5 Å². The van der Waals surface area contributed by atoms with Crippen molar-refractivity contribution in [2.75, 3.05) is 13.1 Å². The Morgan fingerprint density at radius 2 is 1.79 bits per heavy atom. The molecule has 1 amide bonds. The van der Waals surface area contributed by atoms with Gasteiger partial charge in [-0.05, 0) is 51.0 Å². The van der Waals surface area contributed by atoms with Gasteiger partial charge in [0.05, 0.1) is 11.9 Å². The SMILES string of the molecule is Cc1ccc(CCC2CCN(C(=O)c3cnc(C)cn3)CC2)cc1. The Hall–Kier alpha value is -2.23. The molecule has 0 spiro atoms. The summed E-state index contributed by atoms with van der Waals surface area (Å²) in [6, 6.07) is 8.81. The number of likely N-dealkylation sites (tertiary alicyclic amines) is 1. The topological polar surface area (TPSA) is 46.1 Å². The summed E-state index contributed by atoms with van der Waals surface area (Å²) >= 11 is 0. The van der Waals surface area contributed by atoms with Crippen LogP contribution in [0.2, 0.25) is 0 Å². The summed E-state index contributed by atoms with van der Waals surface area (Å²) in [7, 11) is 0. The lowest BCUT2D eigenvalue weighted by atomic mass is 9.90. The number of carbonyl (C=O) groups excluding carboxylic acids is 1. The number of aromatic nitrogens is 2. The highest BCUT2D eigenvalue weighted by atomic mass is 16.2. The van der Waals surface area contributed by atoms with Gasteiger partial charge >= 0.3 is 0 Å². The van der Waals surface area contributed by atoms with Gasteiger partial charge in [-0.1, -0.05) is 29.8 Å². The molecule has 3 rings (SSSR count). The van der Waals surface area contributed by atoms with Crippen molar-refractivity contribution in [2.45, 2.75) is 39.5 Å². The quantitative estimate of drug-likeness (QED) is 0.864. The highest BCUT2D eigenvalue weighted by molar-refractivity contribution is 5.92. The zero-order valence-electron chi connectivity index (χ0n) is 14.5. The molecule has 126 valence electrons. The predicted molar refractivity (Wildman–Crippen MR) is 94.9 cm³/mol. The first-order valence-corrected chi connectivity index (χ1v) is 8.75. The molecule has 0 N–H and O–H groups in total. The molecule has 0 unspecified atom stereocenters. The molecule has 1 aromatic carbocycles. The van der Waals surface area contributed by atoms with Crippen LogP contribution >= 0.6 is 0 Å². The lowest BCUT2D eigenvalue weighted by Crippen LogP contribution is -2.39. The summed E-state index contributed by atoms with van der Waals surface area (Å²) in [5.74, 6) is 0.721. The van der Waals surface area contributed by atoms with Crippen molar-refractivity contribution < 1.29 is 4.79 Å². The Labute approximate surface area is 143 Å². The Morgan fingerprint density at radius 3 is 2.42 bits per heavy atom. The number of aryl methyl sites for hydroxylation is 3. The van der Waals surface area contributed by atoms with Gasteiger partial charge in [-0.25, -0.2) is 4.98 Å². The van der Waals surface area contributed by atoms with Gasteiger partial charge in [-0.2, -0.15) is 0 Å². The molecule has 2 heterocycles. The molecule has 1 aliphatic heterocycles. The normalized spacial score (nSPS) is 15.5. The molecule has 0 aliphatic carbocycles. The molecule has 1 saturated heterocycles. The van der Waals surface area contributed by atoms with E-state index < -0.39 is 0 Å². The van der Waals surface area contributed by atoms with Crippen LogP contribution in [0.3, 0.4) is 0 Å². The van der Waals surface area contributed by atoms with Gasteiger partial charge < -0.3 is 4.90 Å². The molecular weight excluding hydrogens is 298 g/mol. The van der Waals surface area contributed by atoms with Crippen molar-refractivity contribution in [2.24, 2.45) is 5.92 Å². The fraction of sp³-hybridized carbons (Fsp3) is 0.450. The molecule has 24 heavy (non-hydrogen) atoms. The van der Waals surface area contributed by atoms with Crippen LogP contribution in [0.15, 0.2) is 36.7 Å². The molecule has 1 aromatic heterocycles. The molecule has 4 heteroatoms. The first kappa shape index (κ1) is 16.6. The summed E-state index contributed by atoms with van der Waals surface area (Å²) in [5.41, 5.74) is 4.01. The monoisotopic (exact) mass is 323 g/mol. The summed E-state index contributed by atoms with van der Waals surface area (Å²) in [6.07, 6.45) is 7.73. The van der Waals surface area contributed by atoms with Crippen LogP contribution < -0.4 is 0 Å². The molecule has 0 radical (unpaired) electrons. The third-order valence-corrected chi connectivity index (χ3v) is 4.86. The number of amides is 1. The molecule has 1 aliphatic rings. The van der Waals surface area contributed by atoms with E-state index in [2.05, 4.69) is 41.2 Å². The van der Waals surface area contributed by atoms with Crippen LogP contribution in [0.1, 0.15) is 46.6 Å². The number of hydrogen-bond acceptors (Lipinski definition) is 3. The first-order chi connectivity index (χ1) is 11.6. The number of piperidine rings is 1. The molecule has 0 bridgehead atoms. The average Bonchev–Trinajstić information content (AvgIpc) is 2.62. The van der Waals surface area contributed by atoms with Gasteiger partial charge in [0.1, 0.15) is 5.69 Å². The fourth-order valence-electron chi connectivity index (χ4n) is 3.22. The largest absolute Gasteiger partial charge is 0.337 e. The van der Waals surface area contributed by atoms with E-state index >= 15 is 0 Å². The number of carbonyl (C=O) groups is 1. The van der Waals surface area contributed by atoms with Gasteiger partial charge in [0.25, 0.3) is 5.91 Å². The molecule has 0 saturated carbocycles. The minimum atomic E-state index is 0.0134. The van der Waals surface area contributed by atoms with Crippen molar-refractivity contribution in [1.82, 2.24) is 14.9 Å². The Balaban J connectivity index is 1.47. The molecule has 4 nitrogen and oxygen atoms in total. The molecule has 2 aromatic rings. The average molecular weight is 323 g/mol. The third kappa shape index (κ3) is 4.19. The lowest BCUT2D eigenvalue weighted by molar-refractivity contribution is 0.0680. The minimum absolute atomic E-state index is 0.0134. The van der Waals surface area contributed by atoms with E-state index in [0.717, 1.165) is 38.0 Å². The van der Waals surface area contributed by atoms with Gasteiger partial charge in [0.2, 0.25) is 0 Å². The van der Waals surface area contributed by atoms with Crippen molar-refractivity contribution in [3.63, 3.8) is 0 Å². The van der Waals surface area contributed by atoms with Crippen molar-refractivity contribution in [3.8, 4) is 0 Å². The summed E-state index contributed by atoms with van der Waals surface area (Å²) in [4.78, 5) is 22.7. The Morgan fingerprint density at radius 1 is 1.08 bits per heavy atom. The molecule has 0 atom stereocenters. The Kier molecular flexibility index (Phi) is 5.24. The summed E-state index contributed by atoms with van der Waals surface area (Å²) < 4.78 is 0. The smallest absolute Gasteiger partial charge is 0.274 e. The summed E-state index contributed by atoms with van der Waals surface area (Å²) in [5, 5.41) is 0. The van der Waals surface area contributed by atoms with E-state index in [1.807, 2.05) is 11.8 Å². The van der Waals surface area contributed by atoms with Gasteiger partial charge in [-0.3, -0.25) is 9.78 Å². The maximum absolute atomic E-state index is 12.5. The van der Waals surface area contributed by atoms with Crippen LogP contribution in [-0.2, 0) is 6.42 Å². The van der Waals surface area contributed by atoms with E-state index in [1.54, 1.807) is 12.4 Å². The van der Waals surface area contributed by atoms with Crippen molar-refractivity contribution in [3.05, 3.63) is 59.2 Å². The van der Waals surface area contributed by atoms with Crippen LogP contribution in [0.5, 0.6) is 0 Å². The first-order valence-electron chi connectivity index (χ1n) is 8.75. The molecular formula is C20H25N3O. The highest BCUT2D eigenvalue weighted by Crippen LogP contribution is 2.23. The van der Waals surface area contributed by atoms with E-state index in [9.17, 15) is 4.79 Å². The molecule has 1 fully saturated rings. The zero-order valence-corrected chi connectivity index (χ0v) is 14.5. The van der Waals surface area contributed by atoms with E-state index in [0.29, 0.717) is 11.6 Å². The maximum atomic E-state index is 12.5. The predicted octanol–water partition coefficient (Wildman–Crippen LogP) is 3.58. The second kappa shape index (κ2) is 7.56. The van der Waals surface area contributed by atoms with E-state index in [-0.39, 0.29) is 5.91 Å². The fourth-order valence-corrected chi connectivity index (χ4v) is 3.22. The minimum Gasteiger partial charge on any atom is -0.337 e. The van der Waals surface area contributed by atoms with Gasteiger partial charge in [0.15, 0.2) is 0 Å². The van der Waals surface area contributed by atoms with Gasteiger partial charge in [-0.15, -0.1) is 0 Å². The van der Waals surface area contributed by atoms with E-state index in [4.69, 9.17) is 0 Å². The standard InChI is InChI=1S/C20H25N3O/c1-15-3-5-17(6-4-15)7-8-18-9-11-23(12-10-18)20(24)19-14-21-16(2)13-22-19/h3-6,13-14,18H,7-12H2,1-2H3. The number of hydrogen-bond donors (Lipinski definition) is 0. The second-order valence-electron chi connectivity index (χ2n) is 6.80. The number of nitrogens with zero attached hydrogens (tertiary/aromatic N) is 3. The zero-order chi connectivity index (χ0) is 16.9. The number of benzene rings is 1. The highest BCUT2D eigenvalue weighted by Gasteiger charge is 2.24. The lowest BCUT2D eigenvalue weighted by Gasteiger charge is -2.31. The second-order valence-corrected chi connectivity index (χ2v) is 6.80. The Bertz CT molecular complexity index is 671. The van der Waals surface area contributed by atoms with Crippen LogP contribution in [-0.4, -0.2) is 33.9 Å².